The number of rotatable bonds is 3. The molecule has 0 aliphatic carbocycles. The normalized spacial score (nSPS) is 21.3. The number of anilines is 2. The molecule has 2 unspecified atom stereocenters. The Hall–Kier alpha value is -1.76. The van der Waals surface area contributed by atoms with Gasteiger partial charge in [-0.15, -0.1) is 0 Å². The van der Waals surface area contributed by atoms with Crippen molar-refractivity contribution in [2.24, 2.45) is 0 Å². The van der Waals surface area contributed by atoms with Crippen LogP contribution in [0.5, 0.6) is 0 Å². The third-order valence-corrected chi connectivity index (χ3v) is 4.00. The molecule has 2 N–H and O–H groups in total. The minimum absolute atomic E-state index is 0.00262. The van der Waals surface area contributed by atoms with Gasteiger partial charge in [-0.3, -0.25) is 0 Å². The molecule has 2 rings (SSSR count). The lowest BCUT2D eigenvalue weighted by Crippen LogP contribution is -2.52. The van der Waals surface area contributed by atoms with Gasteiger partial charge in [0.05, 0.1) is 0 Å². The molecular weight excluding hydrogens is 330 g/mol. The van der Waals surface area contributed by atoms with Crippen LogP contribution in [0.15, 0.2) is 6.07 Å². The number of ether oxygens (including phenoxy) is 1. The Bertz CT molecular complexity index is 590. The fourth-order valence-corrected chi connectivity index (χ4v) is 2.86. The van der Waals surface area contributed by atoms with Gasteiger partial charge in [-0.1, -0.05) is 11.6 Å². The lowest BCUT2D eigenvalue weighted by Gasteiger charge is -2.39. The highest BCUT2D eigenvalue weighted by Crippen LogP contribution is 2.26. The van der Waals surface area contributed by atoms with Crippen molar-refractivity contribution >= 4 is 29.5 Å². The van der Waals surface area contributed by atoms with Crippen LogP contribution in [-0.4, -0.2) is 47.3 Å². The lowest BCUT2D eigenvalue weighted by molar-refractivity contribution is 0.0497. The van der Waals surface area contributed by atoms with E-state index in [1.54, 1.807) is 13.1 Å². The maximum atomic E-state index is 12.0. The van der Waals surface area contributed by atoms with Crippen LogP contribution in [-0.2, 0) is 4.74 Å². The highest BCUT2D eigenvalue weighted by molar-refractivity contribution is 6.29. The molecule has 134 valence electrons. The summed E-state index contributed by atoms with van der Waals surface area (Å²) >= 11 is 6.08. The van der Waals surface area contributed by atoms with Crippen LogP contribution in [0, 0.1) is 0 Å². The van der Waals surface area contributed by atoms with Gasteiger partial charge >= 0.3 is 6.09 Å². The van der Waals surface area contributed by atoms with Gasteiger partial charge in [0.1, 0.15) is 16.6 Å². The fraction of sp³-hybridized carbons (Fsp3) is 0.688. The van der Waals surface area contributed by atoms with Crippen molar-refractivity contribution < 1.29 is 9.53 Å². The SMILES string of the molecule is CNc1nc(Cl)cc(N2CC(NC(=O)OC(C)(C)C)CCC2C)n1. The van der Waals surface area contributed by atoms with Crippen LogP contribution in [0.2, 0.25) is 5.15 Å². The van der Waals surface area contributed by atoms with E-state index in [0.29, 0.717) is 23.7 Å². The van der Waals surface area contributed by atoms with E-state index in [0.717, 1.165) is 18.7 Å². The number of hydrogen-bond acceptors (Lipinski definition) is 6. The Morgan fingerprint density at radius 2 is 2.08 bits per heavy atom. The van der Waals surface area contributed by atoms with Gasteiger partial charge in [-0.25, -0.2) is 9.78 Å². The predicted molar refractivity (Wildman–Crippen MR) is 95.8 cm³/mol. The molecule has 8 heteroatoms. The van der Waals surface area contributed by atoms with E-state index in [9.17, 15) is 4.79 Å². The van der Waals surface area contributed by atoms with E-state index >= 15 is 0 Å². The van der Waals surface area contributed by atoms with E-state index in [-0.39, 0.29) is 6.04 Å². The van der Waals surface area contributed by atoms with Crippen LogP contribution >= 0.6 is 11.6 Å². The number of nitrogens with zero attached hydrogens (tertiary/aromatic N) is 3. The number of hydrogen-bond donors (Lipinski definition) is 2. The Balaban J connectivity index is 2.08. The Kier molecular flexibility index (Phi) is 5.74. The summed E-state index contributed by atoms with van der Waals surface area (Å²) in [6.45, 7) is 8.34. The van der Waals surface area contributed by atoms with Crippen molar-refractivity contribution in [2.45, 2.75) is 58.2 Å². The third-order valence-electron chi connectivity index (χ3n) is 3.80. The fourth-order valence-electron chi connectivity index (χ4n) is 2.68. The second-order valence-corrected chi connectivity index (χ2v) is 7.43. The minimum Gasteiger partial charge on any atom is -0.444 e. The second kappa shape index (κ2) is 7.42. The summed E-state index contributed by atoms with van der Waals surface area (Å²) in [6.07, 6.45) is 1.45. The molecule has 0 bridgehead atoms. The number of halogens is 1. The Morgan fingerprint density at radius 1 is 1.38 bits per heavy atom. The van der Waals surface area contributed by atoms with Crippen LogP contribution < -0.4 is 15.5 Å². The van der Waals surface area contributed by atoms with Crippen LogP contribution in [0.3, 0.4) is 0 Å². The average molecular weight is 356 g/mol. The van der Waals surface area contributed by atoms with E-state index in [4.69, 9.17) is 16.3 Å². The molecule has 1 aromatic heterocycles. The van der Waals surface area contributed by atoms with Crippen LogP contribution in [0.4, 0.5) is 16.6 Å². The summed E-state index contributed by atoms with van der Waals surface area (Å²) in [4.78, 5) is 22.7. The van der Waals surface area contributed by atoms with E-state index in [1.165, 1.54) is 0 Å². The van der Waals surface area contributed by atoms with Gasteiger partial charge in [-0.2, -0.15) is 4.98 Å². The van der Waals surface area contributed by atoms with Crippen molar-refractivity contribution in [3.8, 4) is 0 Å². The zero-order chi connectivity index (χ0) is 17.9. The van der Waals surface area contributed by atoms with Crippen molar-refractivity contribution in [1.29, 1.82) is 0 Å². The standard InChI is InChI=1S/C16H26ClN5O2/c1-10-6-7-11(19-15(23)24-16(2,3)4)9-22(10)13-8-12(17)20-14(18-5)21-13/h8,10-11H,6-7,9H2,1-5H3,(H,19,23)(H,18,20,21). The summed E-state index contributed by atoms with van der Waals surface area (Å²) in [6, 6.07) is 2.05. The average Bonchev–Trinajstić information content (AvgIpc) is 2.46. The number of carbonyl (C=O) groups excluding carboxylic acids is 1. The predicted octanol–water partition coefficient (Wildman–Crippen LogP) is 3.05. The molecule has 1 fully saturated rings. The minimum atomic E-state index is -0.506. The molecular formula is C16H26ClN5O2. The van der Waals surface area contributed by atoms with E-state index in [1.807, 2.05) is 20.8 Å². The smallest absolute Gasteiger partial charge is 0.407 e. The number of amides is 1. The monoisotopic (exact) mass is 355 g/mol. The van der Waals surface area contributed by atoms with Gasteiger partial charge in [0.15, 0.2) is 0 Å². The number of piperidine rings is 1. The van der Waals surface area contributed by atoms with Crippen molar-refractivity contribution in [2.75, 3.05) is 23.8 Å². The molecule has 1 aromatic rings. The van der Waals surface area contributed by atoms with E-state index in [2.05, 4.69) is 32.4 Å². The highest BCUT2D eigenvalue weighted by Gasteiger charge is 2.29. The van der Waals surface area contributed by atoms with E-state index < -0.39 is 11.7 Å². The number of alkyl carbamates (subject to hydrolysis) is 1. The highest BCUT2D eigenvalue weighted by atomic mass is 35.5. The molecule has 2 atom stereocenters. The van der Waals surface area contributed by atoms with Crippen LogP contribution in [0.1, 0.15) is 40.5 Å². The first kappa shape index (κ1) is 18.6. The first-order valence-electron chi connectivity index (χ1n) is 8.16. The number of nitrogens with one attached hydrogen (secondary N) is 2. The molecule has 24 heavy (non-hydrogen) atoms. The van der Waals surface area contributed by atoms with Crippen LogP contribution in [0.25, 0.3) is 0 Å². The third kappa shape index (κ3) is 5.12. The van der Waals surface area contributed by atoms with Crippen molar-refractivity contribution in [1.82, 2.24) is 15.3 Å². The first-order valence-corrected chi connectivity index (χ1v) is 8.54. The maximum absolute atomic E-state index is 12.0. The zero-order valence-electron chi connectivity index (χ0n) is 14.9. The summed E-state index contributed by atoms with van der Waals surface area (Å²) in [7, 11) is 1.75. The zero-order valence-corrected chi connectivity index (χ0v) is 15.6. The quantitative estimate of drug-likeness (QED) is 0.811. The Labute approximate surface area is 148 Å². The lowest BCUT2D eigenvalue weighted by atomic mass is 9.99. The summed E-state index contributed by atoms with van der Waals surface area (Å²) < 4.78 is 5.34. The van der Waals surface area contributed by atoms with Crippen molar-refractivity contribution in [3.63, 3.8) is 0 Å². The molecule has 1 saturated heterocycles. The topological polar surface area (TPSA) is 79.4 Å². The molecule has 1 amide bonds. The molecule has 1 aliphatic heterocycles. The number of carbonyl (C=O) groups is 1. The second-order valence-electron chi connectivity index (χ2n) is 7.04. The summed E-state index contributed by atoms with van der Waals surface area (Å²) in [5.74, 6) is 1.23. The molecule has 7 nitrogen and oxygen atoms in total. The molecule has 1 aliphatic rings. The largest absolute Gasteiger partial charge is 0.444 e. The maximum Gasteiger partial charge on any atom is 0.407 e. The number of aromatic nitrogens is 2. The summed E-state index contributed by atoms with van der Waals surface area (Å²) in [5, 5.41) is 6.24. The Morgan fingerprint density at radius 3 is 2.71 bits per heavy atom. The molecule has 0 saturated carbocycles. The van der Waals surface area contributed by atoms with Gasteiger partial charge in [0.2, 0.25) is 5.95 Å². The van der Waals surface area contributed by atoms with Gasteiger partial charge < -0.3 is 20.3 Å². The first-order chi connectivity index (χ1) is 11.2. The van der Waals surface area contributed by atoms with Crippen molar-refractivity contribution in [3.05, 3.63) is 11.2 Å². The molecule has 0 aromatic carbocycles. The molecule has 0 spiro atoms. The molecule has 2 heterocycles. The summed E-state index contributed by atoms with van der Waals surface area (Å²) in [5.41, 5.74) is -0.506. The van der Waals surface area contributed by atoms with Gasteiger partial charge in [-0.05, 0) is 40.5 Å². The van der Waals surface area contributed by atoms with Gasteiger partial charge in [0.25, 0.3) is 0 Å². The molecule has 0 radical (unpaired) electrons. The van der Waals surface area contributed by atoms with Gasteiger partial charge in [0, 0.05) is 31.7 Å².